The third-order valence-corrected chi connectivity index (χ3v) is 5.60. The van der Waals surface area contributed by atoms with Gasteiger partial charge in [-0.05, 0) is 42.5 Å². The molecule has 0 bridgehead atoms. The van der Waals surface area contributed by atoms with Gasteiger partial charge in [-0.2, -0.15) is 0 Å². The number of amides is 2. The van der Waals surface area contributed by atoms with E-state index in [0.29, 0.717) is 41.3 Å². The van der Waals surface area contributed by atoms with E-state index in [9.17, 15) is 9.59 Å². The maximum Gasteiger partial charge on any atom is 0.263 e. The highest BCUT2D eigenvalue weighted by Crippen LogP contribution is 2.31. The van der Waals surface area contributed by atoms with Crippen molar-refractivity contribution in [2.24, 2.45) is 0 Å². The van der Waals surface area contributed by atoms with Crippen LogP contribution in [-0.4, -0.2) is 22.7 Å². The minimum atomic E-state index is -0.388. The Morgan fingerprint density at radius 1 is 1.18 bits per heavy atom. The highest BCUT2D eigenvalue weighted by atomic mass is 35.5. The van der Waals surface area contributed by atoms with Crippen molar-refractivity contribution in [1.82, 2.24) is 5.32 Å². The number of ether oxygens (including phenoxy) is 1. The zero-order chi connectivity index (χ0) is 20.3. The maximum absolute atomic E-state index is 12.2. The molecule has 3 rings (SSSR count). The standard InChI is InChI=1S/C18H11Cl3N2O3S2/c19-10-1-4-14(9(5-10)6-15-17(25)23-18(27)28-15)26-8-16(24)22-11-2-3-12(20)13(21)7-11/h1-7H,8H2,(H,22,24)(H,23,25,27)/b15-6+. The molecule has 0 atom stereocenters. The lowest BCUT2D eigenvalue weighted by atomic mass is 10.2. The fourth-order valence-electron chi connectivity index (χ4n) is 2.24. The van der Waals surface area contributed by atoms with Gasteiger partial charge in [0.2, 0.25) is 0 Å². The zero-order valence-corrected chi connectivity index (χ0v) is 17.8. The largest absolute Gasteiger partial charge is 0.483 e. The molecule has 0 spiro atoms. The number of thiocarbonyl (C=S) groups is 1. The van der Waals surface area contributed by atoms with Crippen molar-refractivity contribution < 1.29 is 14.3 Å². The van der Waals surface area contributed by atoms with Crippen LogP contribution in [0.1, 0.15) is 5.56 Å². The molecule has 1 heterocycles. The summed E-state index contributed by atoms with van der Waals surface area (Å²) in [5.41, 5.74) is 1.05. The quantitative estimate of drug-likeness (QED) is 0.464. The summed E-state index contributed by atoms with van der Waals surface area (Å²) in [6.07, 6.45) is 1.61. The van der Waals surface area contributed by atoms with E-state index >= 15 is 0 Å². The fraction of sp³-hybridized carbons (Fsp3) is 0.0556. The number of anilines is 1. The summed E-state index contributed by atoms with van der Waals surface area (Å²) in [7, 11) is 0. The van der Waals surface area contributed by atoms with Crippen molar-refractivity contribution in [3.63, 3.8) is 0 Å². The SMILES string of the molecule is O=C(COc1ccc(Cl)cc1/C=C1/SC(=S)NC1=O)Nc1ccc(Cl)c(Cl)c1. The van der Waals surface area contributed by atoms with Crippen LogP contribution in [0.5, 0.6) is 5.75 Å². The number of thioether (sulfide) groups is 1. The van der Waals surface area contributed by atoms with Gasteiger partial charge in [-0.15, -0.1) is 0 Å². The molecule has 2 aromatic rings. The van der Waals surface area contributed by atoms with E-state index in [1.165, 1.54) is 0 Å². The third-order valence-electron chi connectivity index (χ3n) is 3.46. The molecular weight excluding hydrogens is 463 g/mol. The van der Waals surface area contributed by atoms with Crippen molar-refractivity contribution in [2.75, 3.05) is 11.9 Å². The molecule has 1 aliphatic heterocycles. The molecule has 2 aromatic carbocycles. The van der Waals surface area contributed by atoms with E-state index < -0.39 is 0 Å². The average Bonchev–Trinajstić information content (AvgIpc) is 2.94. The van der Waals surface area contributed by atoms with E-state index in [1.54, 1.807) is 42.5 Å². The third kappa shape index (κ3) is 5.40. The highest BCUT2D eigenvalue weighted by Gasteiger charge is 2.22. The van der Waals surface area contributed by atoms with E-state index in [1.807, 2.05) is 0 Å². The second-order valence-electron chi connectivity index (χ2n) is 5.50. The van der Waals surface area contributed by atoms with Crippen LogP contribution in [0.3, 0.4) is 0 Å². The Bertz CT molecular complexity index is 1010. The Kier molecular flexibility index (Phi) is 6.85. The van der Waals surface area contributed by atoms with Crippen LogP contribution in [-0.2, 0) is 9.59 Å². The number of nitrogens with one attached hydrogen (secondary N) is 2. The molecule has 2 amide bonds. The van der Waals surface area contributed by atoms with Gasteiger partial charge in [-0.3, -0.25) is 9.59 Å². The Morgan fingerprint density at radius 2 is 1.96 bits per heavy atom. The molecule has 144 valence electrons. The molecular formula is C18H11Cl3N2O3S2. The van der Waals surface area contributed by atoms with Gasteiger partial charge in [0, 0.05) is 16.3 Å². The van der Waals surface area contributed by atoms with Crippen molar-refractivity contribution in [2.45, 2.75) is 0 Å². The van der Waals surface area contributed by atoms with E-state index in [2.05, 4.69) is 10.6 Å². The van der Waals surface area contributed by atoms with Gasteiger partial charge in [0.05, 0.1) is 15.0 Å². The van der Waals surface area contributed by atoms with Crippen molar-refractivity contribution in [3.8, 4) is 5.75 Å². The Morgan fingerprint density at radius 3 is 2.64 bits per heavy atom. The van der Waals surface area contributed by atoms with Crippen molar-refractivity contribution >= 4 is 86.7 Å². The summed E-state index contributed by atoms with van der Waals surface area (Å²) >= 11 is 23.9. The van der Waals surface area contributed by atoms with Crippen LogP contribution in [0.4, 0.5) is 5.69 Å². The van der Waals surface area contributed by atoms with Crippen molar-refractivity contribution in [1.29, 1.82) is 0 Å². The summed E-state index contributed by atoms with van der Waals surface area (Å²) in [5, 5.41) is 6.39. The van der Waals surface area contributed by atoms with Gasteiger partial charge in [-0.1, -0.05) is 58.8 Å². The smallest absolute Gasteiger partial charge is 0.263 e. The van der Waals surface area contributed by atoms with Gasteiger partial charge >= 0.3 is 0 Å². The van der Waals surface area contributed by atoms with Gasteiger partial charge in [0.1, 0.15) is 10.1 Å². The maximum atomic E-state index is 12.2. The number of benzene rings is 2. The topological polar surface area (TPSA) is 67.4 Å². The molecule has 1 saturated heterocycles. The molecule has 0 aromatic heterocycles. The molecule has 0 saturated carbocycles. The lowest BCUT2D eigenvalue weighted by Crippen LogP contribution is -2.20. The molecule has 10 heteroatoms. The molecule has 0 unspecified atom stereocenters. The molecule has 1 fully saturated rings. The first-order valence-corrected chi connectivity index (χ1v) is 10.1. The van der Waals surface area contributed by atoms with Crippen LogP contribution in [0, 0.1) is 0 Å². The highest BCUT2D eigenvalue weighted by molar-refractivity contribution is 8.26. The van der Waals surface area contributed by atoms with Crippen LogP contribution in [0.15, 0.2) is 41.3 Å². The van der Waals surface area contributed by atoms with Gasteiger partial charge in [0.15, 0.2) is 6.61 Å². The molecule has 5 nitrogen and oxygen atoms in total. The molecule has 2 N–H and O–H groups in total. The summed E-state index contributed by atoms with van der Waals surface area (Å²) in [6.45, 7) is -0.254. The molecule has 0 radical (unpaired) electrons. The van der Waals surface area contributed by atoms with Crippen LogP contribution < -0.4 is 15.4 Å². The lowest BCUT2D eigenvalue weighted by Gasteiger charge is -2.11. The van der Waals surface area contributed by atoms with Gasteiger partial charge in [-0.25, -0.2) is 0 Å². The van der Waals surface area contributed by atoms with Crippen LogP contribution in [0.2, 0.25) is 15.1 Å². The predicted octanol–water partition coefficient (Wildman–Crippen LogP) is 5.15. The van der Waals surface area contributed by atoms with Crippen LogP contribution in [0.25, 0.3) is 6.08 Å². The van der Waals surface area contributed by atoms with E-state index in [-0.39, 0.29) is 18.4 Å². The first kappa shape index (κ1) is 21.0. The Hall–Kier alpha value is -1.77. The van der Waals surface area contributed by atoms with Crippen molar-refractivity contribution in [3.05, 3.63) is 61.9 Å². The normalized spacial score (nSPS) is 14.9. The van der Waals surface area contributed by atoms with E-state index in [4.69, 9.17) is 51.8 Å². The predicted molar refractivity (Wildman–Crippen MR) is 118 cm³/mol. The molecule has 28 heavy (non-hydrogen) atoms. The number of carbonyl (C=O) groups excluding carboxylic acids is 2. The van der Waals surface area contributed by atoms with Gasteiger partial charge < -0.3 is 15.4 Å². The minimum absolute atomic E-state index is 0.254. The summed E-state index contributed by atoms with van der Waals surface area (Å²) in [6, 6.07) is 9.63. The Balaban J connectivity index is 1.71. The second-order valence-corrected chi connectivity index (χ2v) is 8.47. The number of hydrogen-bond donors (Lipinski definition) is 2. The second kappa shape index (κ2) is 9.15. The Labute approximate surface area is 185 Å². The minimum Gasteiger partial charge on any atom is -0.483 e. The van der Waals surface area contributed by atoms with Crippen LogP contribution >= 0.6 is 58.8 Å². The number of halogens is 3. The van der Waals surface area contributed by atoms with E-state index in [0.717, 1.165) is 11.8 Å². The average molecular weight is 474 g/mol. The summed E-state index contributed by atoms with van der Waals surface area (Å²) in [4.78, 5) is 24.4. The number of rotatable bonds is 5. The number of carbonyl (C=O) groups is 2. The van der Waals surface area contributed by atoms with Gasteiger partial charge in [0.25, 0.3) is 11.8 Å². The molecule has 0 aliphatic carbocycles. The molecule has 1 aliphatic rings. The first-order valence-electron chi connectivity index (χ1n) is 7.74. The summed E-state index contributed by atoms with van der Waals surface area (Å²) in [5.74, 6) is -0.285. The fourth-order valence-corrected chi connectivity index (χ4v) is 3.75. The summed E-state index contributed by atoms with van der Waals surface area (Å²) < 4.78 is 5.98. The lowest BCUT2D eigenvalue weighted by molar-refractivity contribution is -0.118. The number of hydrogen-bond acceptors (Lipinski definition) is 5. The first-order chi connectivity index (χ1) is 13.3. The monoisotopic (exact) mass is 472 g/mol. The zero-order valence-electron chi connectivity index (χ0n) is 13.9.